The lowest BCUT2D eigenvalue weighted by Gasteiger charge is -2.22. The number of benzene rings is 1. The molecule has 1 aliphatic rings. The number of amidine groups is 1. The summed E-state index contributed by atoms with van der Waals surface area (Å²) in [5.74, 6) is 0.134. The Kier molecular flexibility index (Phi) is 3.05. The summed E-state index contributed by atoms with van der Waals surface area (Å²) in [5, 5.41) is 11.9. The van der Waals surface area contributed by atoms with Crippen molar-refractivity contribution in [3.05, 3.63) is 28.2 Å². The van der Waals surface area contributed by atoms with Crippen LogP contribution in [0.15, 0.2) is 27.8 Å². The molecule has 3 N–H and O–H groups in total. The summed E-state index contributed by atoms with van der Waals surface area (Å²) in [6, 6.07) is 6.40. The molecule has 1 saturated carbocycles. The lowest BCUT2D eigenvalue weighted by Crippen LogP contribution is -2.25. The molecule has 0 spiro atoms. The van der Waals surface area contributed by atoms with Gasteiger partial charge in [-0.1, -0.05) is 11.2 Å². The predicted octanol–water partition coefficient (Wildman–Crippen LogP) is 2.14. The van der Waals surface area contributed by atoms with Crippen LogP contribution < -0.4 is 10.6 Å². The zero-order valence-electron chi connectivity index (χ0n) is 9.02. The molecule has 0 radical (unpaired) electrons. The standard InChI is InChI=1S/C11H14BrN3O/c1-15(7-5-6-7)9-4-2-3-8(12)10(9)11(13)14-16/h2-4,7,16H,5-6H2,1H3,(H2,13,14). The molecular weight excluding hydrogens is 270 g/mol. The Morgan fingerprint density at radius 3 is 2.81 bits per heavy atom. The fraction of sp³-hybridized carbons (Fsp3) is 0.364. The van der Waals surface area contributed by atoms with Crippen molar-refractivity contribution >= 4 is 27.5 Å². The average Bonchev–Trinajstić information content (AvgIpc) is 3.10. The van der Waals surface area contributed by atoms with E-state index in [-0.39, 0.29) is 5.84 Å². The summed E-state index contributed by atoms with van der Waals surface area (Å²) in [4.78, 5) is 2.18. The molecule has 0 amide bonds. The molecule has 1 aromatic carbocycles. The SMILES string of the molecule is CN(c1cccc(Br)c1/C(N)=N/O)C1CC1. The number of anilines is 1. The third-order valence-electron chi connectivity index (χ3n) is 2.83. The number of nitrogens with zero attached hydrogens (tertiary/aromatic N) is 2. The zero-order valence-corrected chi connectivity index (χ0v) is 10.6. The predicted molar refractivity (Wildman–Crippen MR) is 68.1 cm³/mol. The first-order valence-electron chi connectivity index (χ1n) is 5.14. The van der Waals surface area contributed by atoms with Gasteiger partial charge in [0, 0.05) is 23.2 Å². The fourth-order valence-corrected chi connectivity index (χ4v) is 2.33. The number of halogens is 1. The molecule has 0 heterocycles. The second-order valence-electron chi connectivity index (χ2n) is 3.96. The normalized spacial score (nSPS) is 16.2. The molecule has 0 bridgehead atoms. The van der Waals surface area contributed by atoms with E-state index in [1.165, 1.54) is 12.8 Å². The van der Waals surface area contributed by atoms with Crippen molar-refractivity contribution in [2.45, 2.75) is 18.9 Å². The lowest BCUT2D eigenvalue weighted by molar-refractivity contribution is 0.318. The first-order chi connectivity index (χ1) is 7.65. The number of oxime groups is 1. The molecule has 86 valence electrons. The van der Waals surface area contributed by atoms with E-state index in [2.05, 4.69) is 26.0 Å². The minimum Gasteiger partial charge on any atom is -0.409 e. The van der Waals surface area contributed by atoms with E-state index in [1.807, 2.05) is 25.2 Å². The van der Waals surface area contributed by atoms with Gasteiger partial charge in [0.1, 0.15) is 0 Å². The molecule has 16 heavy (non-hydrogen) atoms. The Balaban J connectivity index is 2.46. The maximum Gasteiger partial charge on any atom is 0.173 e. The van der Waals surface area contributed by atoms with Crippen LogP contribution in [-0.2, 0) is 0 Å². The van der Waals surface area contributed by atoms with E-state index in [0.717, 1.165) is 15.7 Å². The second-order valence-corrected chi connectivity index (χ2v) is 4.82. The molecule has 1 aromatic rings. The fourth-order valence-electron chi connectivity index (χ4n) is 1.77. The highest BCUT2D eigenvalue weighted by Gasteiger charge is 2.28. The average molecular weight is 284 g/mol. The van der Waals surface area contributed by atoms with Crippen LogP contribution in [0, 0.1) is 0 Å². The summed E-state index contributed by atoms with van der Waals surface area (Å²) in [7, 11) is 2.04. The van der Waals surface area contributed by atoms with Crippen molar-refractivity contribution in [3.8, 4) is 0 Å². The van der Waals surface area contributed by atoms with Crippen LogP contribution in [0.2, 0.25) is 0 Å². The van der Waals surface area contributed by atoms with Gasteiger partial charge in [-0.15, -0.1) is 0 Å². The Morgan fingerprint density at radius 2 is 2.25 bits per heavy atom. The molecule has 0 aromatic heterocycles. The van der Waals surface area contributed by atoms with Crippen LogP contribution in [0.25, 0.3) is 0 Å². The molecule has 4 nitrogen and oxygen atoms in total. The summed E-state index contributed by atoms with van der Waals surface area (Å²) >= 11 is 3.43. The number of hydrogen-bond acceptors (Lipinski definition) is 3. The first-order valence-corrected chi connectivity index (χ1v) is 5.93. The number of rotatable bonds is 3. The molecule has 0 unspecified atom stereocenters. The van der Waals surface area contributed by atoms with Gasteiger partial charge in [0.05, 0.1) is 5.56 Å². The smallest absolute Gasteiger partial charge is 0.173 e. The highest BCUT2D eigenvalue weighted by Crippen LogP contribution is 2.34. The molecular formula is C11H14BrN3O. The topological polar surface area (TPSA) is 61.8 Å². The number of hydrogen-bond donors (Lipinski definition) is 2. The molecule has 5 heteroatoms. The Hall–Kier alpha value is -1.23. The van der Waals surface area contributed by atoms with Gasteiger partial charge in [0.2, 0.25) is 0 Å². The molecule has 1 fully saturated rings. The Labute approximate surface area is 103 Å². The van der Waals surface area contributed by atoms with Crippen LogP contribution in [0.4, 0.5) is 5.69 Å². The first kappa shape index (κ1) is 11.3. The van der Waals surface area contributed by atoms with Crippen molar-refractivity contribution in [2.24, 2.45) is 10.9 Å². The monoisotopic (exact) mass is 283 g/mol. The third-order valence-corrected chi connectivity index (χ3v) is 3.49. The highest BCUT2D eigenvalue weighted by atomic mass is 79.9. The van der Waals surface area contributed by atoms with E-state index in [4.69, 9.17) is 10.9 Å². The van der Waals surface area contributed by atoms with E-state index in [0.29, 0.717) is 6.04 Å². The van der Waals surface area contributed by atoms with Crippen LogP contribution in [0.1, 0.15) is 18.4 Å². The number of nitrogens with two attached hydrogens (primary N) is 1. The summed E-state index contributed by atoms with van der Waals surface area (Å²) in [6.45, 7) is 0. The molecule has 0 saturated heterocycles. The lowest BCUT2D eigenvalue weighted by atomic mass is 10.1. The van der Waals surface area contributed by atoms with Crippen LogP contribution in [0.3, 0.4) is 0 Å². The second kappa shape index (κ2) is 4.33. The summed E-state index contributed by atoms with van der Waals surface area (Å²) in [5.41, 5.74) is 7.44. The van der Waals surface area contributed by atoms with Crippen molar-refractivity contribution in [1.29, 1.82) is 0 Å². The van der Waals surface area contributed by atoms with Gasteiger partial charge in [0.15, 0.2) is 5.84 Å². The Morgan fingerprint density at radius 1 is 1.56 bits per heavy atom. The van der Waals surface area contributed by atoms with Gasteiger partial charge in [-0.2, -0.15) is 0 Å². The van der Waals surface area contributed by atoms with Crippen molar-refractivity contribution < 1.29 is 5.21 Å². The van der Waals surface area contributed by atoms with Gasteiger partial charge in [-0.05, 0) is 40.9 Å². The maximum absolute atomic E-state index is 8.80. The van der Waals surface area contributed by atoms with Crippen LogP contribution in [0.5, 0.6) is 0 Å². The summed E-state index contributed by atoms with van der Waals surface area (Å²) in [6.07, 6.45) is 2.41. The quantitative estimate of drug-likeness (QED) is 0.387. The van der Waals surface area contributed by atoms with Crippen LogP contribution in [-0.4, -0.2) is 24.1 Å². The van der Waals surface area contributed by atoms with E-state index in [1.54, 1.807) is 0 Å². The van der Waals surface area contributed by atoms with Gasteiger partial charge in [0.25, 0.3) is 0 Å². The minimum absolute atomic E-state index is 0.134. The third kappa shape index (κ3) is 2.00. The summed E-state index contributed by atoms with van der Waals surface area (Å²) < 4.78 is 0.841. The zero-order chi connectivity index (χ0) is 11.7. The van der Waals surface area contributed by atoms with E-state index < -0.39 is 0 Å². The Bertz CT molecular complexity index is 429. The van der Waals surface area contributed by atoms with Crippen molar-refractivity contribution in [3.63, 3.8) is 0 Å². The minimum atomic E-state index is 0.134. The maximum atomic E-state index is 8.80. The molecule has 1 aliphatic carbocycles. The molecule has 0 atom stereocenters. The molecule has 2 rings (SSSR count). The largest absolute Gasteiger partial charge is 0.409 e. The van der Waals surface area contributed by atoms with E-state index in [9.17, 15) is 0 Å². The molecule has 0 aliphatic heterocycles. The highest BCUT2D eigenvalue weighted by molar-refractivity contribution is 9.10. The van der Waals surface area contributed by atoms with Crippen LogP contribution >= 0.6 is 15.9 Å². The van der Waals surface area contributed by atoms with Gasteiger partial charge in [-0.3, -0.25) is 0 Å². The van der Waals surface area contributed by atoms with Gasteiger partial charge in [-0.25, -0.2) is 0 Å². The van der Waals surface area contributed by atoms with Gasteiger partial charge < -0.3 is 15.8 Å². The van der Waals surface area contributed by atoms with Crippen molar-refractivity contribution in [2.75, 3.05) is 11.9 Å². The van der Waals surface area contributed by atoms with Crippen molar-refractivity contribution in [1.82, 2.24) is 0 Å². The van der Waals surface area contributed by atoms with Gasteiger partial charge >= 0.3 is 0 Å². The van der Waals surface area contributed by atoms with E-state index >= 15 is 0 Å².